The molecule has 2 heterocycles. The highest BCUT2D eigenvalue weighted by Crippen LogP contribution is 2.35. The third-order valence-electron chi connectivity index (χ3n) is 4.89. The number of hydrogen-bond donors (Lipinski definition) is 1. The van der Waals surface area contributed by atoms with Gasteiger partial charge in [0, 0.05) is 36.7 Å². The third-order valence-corrected chi connectivity index (χ3v) is 4.89. The summed E-state index contributed by atoms with van der Waals surface area (Å²) in [4.78, 5) is 2.70. The summed E-state index contributed by atoms with van der Waals surface area (Å²) in [6, 6.07) is 0.561. The molecular formula is C16H32N2O. The lowest BCUT2D eigenvalue weighted by molar-refractivity contribution is -0.0360. The van der Waals surface area contributed by atoms with Gasteiger partial charge in [0.2, 0.25) is 0 Å². The van der Waals surface area contributed by atoms with Crippen molar-refractivity contribution in [3.63, 3.8) is 0 Å². The number of hydrogen-bond acceptors (Lipinski definition) is 3. The Morgan fingerprint density at radius 3 is 2.53 bits per heavy atom. The summed E-state index contributed by atoms with van der Waals surface area (Å²) >= 11 is 0. The van der Waals surface area contributed by atoms with Gasteiger partial charge in [-0.15, -0.1) is 0 Å². The zero-order valence-corrected chi connectivity index (χ0v) is 13.3. The maximum atomic E-state index is 5.83. The van der Waals surface area contributed by atoms with Crippen molar-refractivity contribution in [3.05, 3.63) is 0 Å². The van der Waals surface area contributed by atoms with Crippen LogP contribution >= 0.6 is 0 Å². The standard InChI is InChI=1S/C16H32N2O/c1-14(2)17-11-16(8-6-10-19-13-16)12-18-9-5-7-15(18,3)4/h14,17H,5-13H2,1-4H3. The van der Waals surface area contributed by atoms with E-state index >= 15 is 0 Å². The monoisotopic (exact) mass is 268 g/mol. The molecule has 2 rings (SSSR count). The molecule has 2 fully saturated rings. The van der Waals surface area contributed by atoms with Gasteiger partial charge in [-0.05, 0) is 46.1 Å². The molecule has 19 heavy (non-hydrogen) atoms. The van der Waals surface area contributed by atoms with Gasteiger partial charge >= 0.3 is 0 Å². The topological polar surface area (TPSA) is 24.5 Å². The molecule has 0 aromatic carbocycles. The van der Waals surface area contributed by atoms with Crippen LogP contribution in [0.3, 0.4) is 0 Å². The largest absolute Gasteiger partial charge is 0.381 e. The van der Waals surface area contributed by atoms with E-state index in [1.807, 2.05) is 0 Å². The molecule has 2 aliphatic rings. The van der Waals surface area contributed by atoms with Crippen molar-refractivity contribution in [2.45, 2.75) is 65.0 Å². The molecule has 1 unspecified atom stereocenters. The Morgan fingerprint density at radius 2 is 2.00 bits per heavy atom. The van der Waals surface area contributed by atoms with Crippen LogP contribution in [0.2, 0.25) is 0 Å². The van der Waals surface area contributed by atoms with Crippen LogP contribution in [0.25, 0.3) is 0 Å². The third kappa shape index (κ3) is 3.93. The van der Waals surface area contributed by atoms with Crippen LogP contribution in [-0.4, -0.2) is 49.3 Å². The zero-order chi connectivity index (χ0) is 13.9. The molecule has 0 saturated carbocycles. The van der Waals surface area contributed by atoms with Gasteiger partial charge in [0.05, 0.1) is 6.61 Å². The highest BCUT2D eigenvalue weighted by Gasteiger charge is 2.40. The van der Waals surface area contributed by atoms with E-state index in [9.17, 15) is 0 Å². The Hall–Kier alpha value is -0.120. The average molecular weight is 268 g/mol. The van der Waals surface area contributed by atoms with E-state index in [0.29, 0.717) is 17.0 Å². The van der Waals surface area contributed by atoms with Gasteiger partial charge in [-0.3, -0.25) is 4.90 Å². The molecule has 0 amide bonds. The van der Waals surface area contributed by atoms with Gasteiger partial charge in [0.15, 0.2) is 0 Å². The Morgan fingerprint density at radius 1 is 1.21 bits per heavy atom. The van der Waals surface area contributed by atoms with Crippen molar-refractivity contribution in [2.75, 3.05) is 32.8 Å². The molecule has 1 atom stereocenters. The molecule has 0 spiro atoms. The smallest absolute Gasteiger partial charge is 0.0546 e. The molecule has 1 N–H and O–H groups in total. The van der Waals surface area contributed by atoms with E-state index in [2.05, 4.69) is 37.9 Å². The quantitative estimate of drug-likeness (QED) is 0.829. The van der Waals surface area contributed by atoms with Gasteiger partial charge in [-0.2, -0.15) is 0 Å². The van der Waals surface area contributed by atoms with Crippen LogP contribution in [-0.2, 0) is 4.74 Å². The first-order valence-corrected chi connectivity index (χ1v) is 8.00. The summed E-state index contributed by atoms with van der Waals surface area (Å²) in [5, 5.41) is 3.65. The molecule has 2 aliphatic heterocycles. The molecule has 112 valence electrons. The molecule has 0 aromatic rings. The van der Waals surface area contributed by atoms with Crippen LogP contribution in [0, 0.1) is 5.41 Å². The van der Waals surface area contributed by atoms with E-state index in [1.54, 1.807) is 0 Å². The highest BCUT2D eigenvalue weighted by atomic mass is 16.5. The van der Waals surface area contributed by atoms with E-state index in [0.717, 1.165) is 19.8 Å². The summed E-state index contributed by atoms with van der Waals surface area (Å²) in [6.45, 7) is 14.7. The fourth-order valence-corrected chi connectivity index (χ4v) is 3.51. The summed E-state index contributed by atoms with van der Waals surface area (Å²) in [5.74, 6) is 0. The lowest BCUT2D eigenvalue weighted by atomic mass is 9.80. The number of nitrogens with zero attached hydrogens (tertiary/aromatic N) is 1. The maximum absolute atomic E-state index is 5.83. The Balaban J connectivity index is 2.00. The SMILES string of the molecule is CC(C)NCC1(CN2CCCC2(C)C)CCCOC1. The number of nitrogens with one attached hydrogen (secondary N) is 1. The molecular weight excluding hydrogens is 236 g/mol. The van der Waals surface area contributed by atoms with Gasteiger partial charge in [-0.1, -0.05) is 13.8 Å². The maximum Gasteiger partial charge on any atom is 0.0546 e. The van der Waals surface area contributed by atoms with Crippen LogP contribution in [0.15, 0.2) is 0 Å². The first kappa shape index (κ1) is 15.3. The average Bonchev–Trinajstić information content (AvgIpc) is 2.68. The van der Waals surface area contributed by atoms with Crippen molar-refractivity contribution >= 4 is 0 Å². The molecule has 3 heteroatoms. The number of likely N-dealkylation sites (tertiary alicyclic amines) is 1. The fourth-order valence-electron chi connectivity index (χ4n) is 3.51. The Kier molecular flexibility index (Phi) is 4.91. The molecule has 0 aliphatic carbocycles. The van der Waals surface area contributed by atoms with Gasteiger partial charge in [-0.25, -0.2) is 0 Å². The highest BCUT2D eigenvalue weighted by molar-refractivity contribution is 4.95. The first-order chi connectivity index (χ1) is 8.94. The second-order valence-corrected chi connectivity index (χ2v) is 7.53. The zero-order valence-electron chi connectivity index (χ0n) is 13.3. The second-order valence-electron chi connectivity index (χ2n) is 7.53. The second kappa shape index (κ2) is 6.11. The lowest BCUT2D eigenvalue weighted by Gasteiger charge is -2.44. The van der Waals surface area contributed by atoms with Crippen LogP contribution in [0.4, 0.5) is 0 Å². The van der Waals surface area contributed by atoms with Crippen LogP contribution in [0.5, 0.6) is 0 Å². The fraction of sp³-hybridized carbons (Fsp3) is 1.00. The van der Waals surface area contributed by atoms with E-state index in [4.69, 9.17) is 4.74 Å². The Bertz CT molecular complexity index is 282. The normalized spacial score (nSPS) is 32.1. The first-order valence-electron chi connectivity index (χ1n) is 8.00. The Labute approximate surface area is 119 Å². The summed E-state index contributed by atoms with van der Waals surface area (Å²) < 4.78 is 5.83. The molecule has 3 nitrogen and oxygen atoms in total. The predicted molar refractivity (Wildman–Crippen MR) is 80.5 cm³/mol. The minimum absolute atomic E-state index is 0.324. The van der Waals surface area contributed by atoms with E-state index in [-0.39, 0.29) is 0 Å². The van der Waals surface area contributed by atoms with Crippen LogP contribution in [0.1, 0.15) is 53.4 Å². The summed E-state index contributed by atoms with van der Waals surface area (Å²) in [7, 11) is 0. The van der Waals surface area contributed by atoms with Crippen molar-refractivity contribution in [1.82, 2.24) is 10.2 Å². The van der Waals surface area contributed by atoms with E-state index in [1.165, 1.54) is 38.8 Å². The minimum Gasteiger partial charge on any atom is -0.381 e. The van der Waals surface area contributed by atoms with Crippen molar-refractivity contribution in [2.24, 2.45) is 5.41 Å². The lowest BCUT2D eigenvalue weighted by Crippen LogP contribution is -2.53. The van der Waals surface area contributed by atoms with Crippen molar-refractivity contribution in [3.8, 4) is 0 Å². The van der Waals surface area contributed by atoms with Crippen molar-refractivity contribution in [1.29, 1.82) is 0 Å². The minimum atomic E-state index is 0.324. The molecule has 0 bridgehead atoms. The molecule has 0 aromatic heterocycles. The number of rotatable bonds is 5. The van der Waals surface area contributed by atoms with Gasteiger partial charge < -0.3 is 10.1 Å². The summed E-state index contributed by atoms with van der Waals surface area (Å²) in [6.07, 6.45) is 5.20. The molecule has 2 saturated heterocycles. The summed E-state index contributed by atoms with van der Waals surface area (Å²) in [5.41, 5.74) is 0.701. The van der Waals surface area contributed by atoms with Gasteiger partial charge in [0.25, 0.3) is 0 Å². The van der Waals surface area contributed by atoms with E-state index < -0.39 is 0 Å². The number of ether oxygens (including phenoxy) is 1. The molecule has 0 radical (unpaired) electrons. The predicted octanol–water partition coefficient (Wildman–Crippen LogP) is 2.66. The van der Waals surface area contributed by atoms with Gasteiger partial charge in [0.1, 0.15) is 0 Å². The van der Waals surface area contributed by atoms with Crippen LogP contribution < -0.4 is 5.32 Å². The van der Waals surface area contributed by atoms with Crippen molar-refractivity contribution < 1.29 is 4.74 Å².